The molecule has 0 saturated heterocycles. The summed E-state index contributed by atoms with van der Waals surface area (Å²) >= 11 is 0. The van der Waals surface area contributed by atoms with E-state index >= 15 is 0 Å². The van der Waals surface area contributed by atoms with Crippen molar-refractivity contribution in [3.8, 4) is 0 Å². The molecule has 6 nitrogen and oxygen atoms in total. The van der Waals surface area contributed by atoms with E-state index in [1.165, 1.54) is 18.4 Å². The van der Waals surface area contributed by atoms with Crippen LogP contribution in [0.4, 0.5) is 11.5 Å². The van der Waals surface area contributed by atoms with Crippen molar-refractivity contribution in [2.45, 2.75) is 6.92 Å². The lowest BCUT2D eigenvalue weighted by Crippen LogP contribution is -2.28. The number of hydrogen-bond acceptors (Lipinski definition) is 5. The molecule has 0 bridgehead atoms. The molecule has 0 spiro atoms. The predicted molar refractivity (Wildman–Crippen MR) is 69.3 cm³/mol. The van der Waals surface area contributed by atoms with Crippen LogP contribution in [0.2, 0.25) is 0 Å². The van der Waals surface area contributed by atoms with Crippen LogP contribution in [0.25, 0.3) is 0 Å². The number of sulfonamides is 1. The summed E-state index contributed by atoms with van der Waals surface area (Å²) in [4.78, 5) is 4.10. The first-order valence-corrected chi connectivity index (χ1v) is 6.80. The van der Waals surface area contributed by atoms with Crippen molar-refractivity contribution in [1.29, 1.82) is 0 Å². The van der Waals surface area contributed by atoms with E-state index in [0.717, 1.165) is 5.56 Å². The Kier molecular flexibility index (Phi) is 4.30. The van der Waals surface area contributed by atoms with Crippen molar-refractivity contribution >= 4 is 21.5 Å². The number of nitrogens with one attached hydrogen (secondary N) is 1. The summed E-state index contributed by atoms with van der Waals surface area (Å²) in [5.74, 6) is 0.527. The zero-order valence-corrected chi connectivity index (χ0v) is 11.1. The van der Waals surface area contributed by atoms with Gasteiger partial charge in [-0.05, 0) is 18.6 Å². The van der Waals surface area contributed by atoms with Gasteiger partial charge in [0.2, 0.25) is 10.0 Å². The largest absolute Gasteiger partial charge is 0.396 e. The number of hydrogen-bond donors (Lipinski definition) is 2. The maximum Gasteiger partial charge on any atom is 0.215 e. The number of aromatic nitrogens is 1. The van der Waals surface area contributed by atoms with E-state index in [4.69, 9.17) is 5.73 Å². The van der Waals surface area contributed by atoms with Gasteiger partial charge in [0.15, 0.2) is 0 Å². The van der Waals surface area contributed by atoms with Gasteiger partial charge in [0.1, 0.15) is 5.82 Å². The molecule has 0 unspecified atom stereocenters. The highest BCUT2D eigenvalue weighted by atomic mass is 32.2. The quantitative estimate of drug-likeness (QED) is 0.791. The van der Waals surface area contributed by atoms with Gasteiger partial charge in [-0.3, -0.25) is 0 Å². The van der Waals surface area contributed by atoms with Crippen LogP contribution in [-0.4, -0.2) is 44.1 Å². The Hall–Kier alpha value is -1.34. The summed E-state index contributed by atoms with van der Waals surface area (Å²) in [5, 5.41) is 2.91. The average molecular weight is 258 g/mol. The van der Waals surface area contributed by atoms with Gasteiger partial charge in [0, 0.05) is 26.8 Å². The van der Waals surface area contributed by atoms with Crippen molar-refractivity contribution in [3.63, 3.8) is 0 Å². The molecule has 0 aromatic carbocycles. The third-order valence-electron chi connectivity index (χ3n) is 2.26. The fourth-order valence-corrected chi connectivity index (χ4v) is 1.95. The molecule has 1 rings (SSSR count). The SMILES string of the molecule is Cc1cnc(NCCS(=O)(=O)N(C)C)c(N)c1. The maximum absolute atomic E-state index is 11.5. The van der Waals surface area contributed by atoms with Gasteiger partial charge in [0.05, 0.1) is 11.4 Å². The van der Waals surface area contributed by atoms with Crippen molar-refractivity contribution in [2.75, 3.05) is 37.4 Å². The third kappa shape index (κ3) is 3.86. The van der Waals surface area contributed by atoms with Gasteiger partial charge < -0.3 is 11.1 Å². The molecule has 0 radical (unpaired) electrons. The summed E-state index contributed by atoms with van der Waals surface area (Å²) in [6, 6.07) is 1.79. The van der Waals surface area contributed by atoms with E-state index < -0.39 is 10.0 Å². The molecule has 0 aliphatic heterocycles. The summed E-state index contributed by atoms with van der Waals surface area (Å²) in [6.45, 7) is 2.17. The molecule has 0 saturated carbocycles. The Morgan fingerprint density at radius 2 is 2.12 bits per heavy atom. The highest BCUT2D eigenvalue weighted by Gasteiger charge is 2.13. The minimum atomic E-state index is -3.19. The first kappa shape index (κ1) is 13.7. The molecule has 0 amide bonds. The van der Waals surface area contributed by atoms with Gasteiger partial charge in [-0.25, -0.2) is 17.7 Å². The van der Waals surface area contributed by atoms with Crippen molar-refractivity contribution in [1.82, 2.24) is 9.29 Å². The summed E-state index contributed by atoms with van der Waals surface area (Å²) < 4.78 is 24.2. The predicted octanol–water partition coefficient (Wildman–Crippen LogP) is 0.276. The minimum Gasteiger partial charge on any atom is -0.396 e. The second-order valence-electron chi connectivity index (χ2n) is 3.98. The van der Waals surface area contributed by atoms with Crippen LogP contribution in [0.1, 0.15) is 5.56 Å². The average Bonchev–Trinajstić information content (AvgIpc) is 2.21. The van der Waals surface area contributed by atoms with E-state index in [9.17, 15) is 8.42 Å². The Morgan fingerprint density at radius 1 is 1.47 bits per heavy atom. The topological polar surface area (TPSA) is 88.3 Å². The summed E-state index contributed by atoms with van der Waals surface area (Å²) in [6.07, 6.45) is 1.68. The molecule has 3 N–H and O–H groups in total. The lowest BCUT2D eigenvalue weighted by atomic mass is 10.3. The van der Waals surface area contributed by atoms with E-state index in [2.05, 4.69) is 10.3 Å². The zero-order valence-electron chi connectivity index (χ0n) is 10.3. The Balaban J connectivity index is 2.58. The number of rotatable bonds is 5. The molecule has 7 heteroatoms. The highest BCUT2D eigenvalue weighted by Crippen LogP contribution is 2.15. The first-order valence-electron chi connectivity index (χ1n) is 5.19. The van der Waals surface area contributed by atoms with Crippen LogP contribution in [0, 0.1) is 6.92 Å². The lowest BCUT2D eigenvalue weighted by Gasteiger charge is -2.12. The van der Waals surface area contributed by atoms with Gasteiger partial charge in [-0.1, -0.05) is 0 Å². The number of anilines is 2. The van der Waals surface area contributed by atoms with Crippen molar-refractivity contribution in [2.24, 2.45) is 0 Å². The van der Waals surface area contributed by atoms with Crippen LogP contribution in [0.15, 0.2) is 12.3 Å². The van der Waals surface area contributed by atoms with Crippen molar-refractivity contribution < 1.29 is 8.42 Å². The second kappa shape index (κ2) is 5.33. The number of pyridine rings is 1. The van der Waals surface area contributed by atoms with Gasteiger partial charge in [0.25, 0.3) is 0 Å². The molecule has 0 fully saturated rings. The van der Waals surface area contributed by atoms with E-state index in [0.29, 0.717) is 11.5 Å². The smallest absolute Gasteiger partial charge is 0.215 e. The van der Waals surface area contributed by atoms with E-state index in [-0.39, 0.29) is 12.3 Å². The van der Waals surface area contributed by atoms with Gasteiger partial charge >= 0.3 is 0 Å². The normalized spacial score (nSPS) is 11.8. The Bertz CT molecular complexity index is 485. The highest BCUT2D eigenvalue weighted by molar-refractivity contribution is 7.89. The molecular formula is C10H18N4O2S. The number of nitrogens with zero attached hydrogens (tertiary/aromatic N) is 2. The second-order valence-corrected chi connectivity index (χ2v) is 6.28. The fourth-order valence-electron chi connectivity index (χ4n) is 1.22. The molecule has 17 heavy (non-hydrogen) atoms. The molecular weight excluding hydrogens is 240 g/mol. The van der Waals surface area contributed by atoms with Gasteiger partial charge in [-0.2, -0.15) is 0 Å². The molecule has 0 aliphatic carbocycles. The van der Waals surface area contributed by atoms with E-state index in [1.54, 1.807) is 12.3 Å². The van der Waals surface area contributed by atoms with Crippen LogP contribution < -0.4 is 11.1 Å². The van der Waals surface area contributed by atoms with Crippen LogP contribution in [-0.2, 0) is 10.0 Å². The molecule has 96 valence electrons. The molecule has 0 atom stereocenters. The monoisotopic (exact) mass is 258 g/mol. The minimum absolute atomic E-state index is 0.00893. The Morgan fingerprint density at radius 3 is 2.65 bits per heavy atom. The molecule has 0 aliphatic rings. The number of aryl methyl sites for hydroxylation is 1. The summed E-state index contributed by atoms with van der Waals surface area (Å²) in [5.41, 5.74) is 7.23. The molecule has 1 heterocycles. The van der Waals surface area contributed by atoms with Crippen molar-refractivity contribution in [3.05, 3.63) is 17.8 Å². The van der Waals surface area contributed by atoms with Crippen LogP contribution in [0.5, 0.6) is 0 Å². The molecule has 1 aromatic heterocycles. The third-order valence-corrected chi connectivity index (χ3v) is 4.10. The first-order chi connectivity index (χ1) is 7.83. The van der Waals surface area contributed by atoms with Crippen LogP contribution in [0.3, 0.4) is 0 Å². The van der Waals surface area contributed by atoms with Crippen LogP contribution >= 0.6 is 0 Å². The standard InChI is InChI=1S/C10H18N4O2S/c1-8-6-9(11)10(13-7-8)12-4-5-17(15,16)14(2)3/h6-7H,4-5,11H2,1-3H3,(H,12,13). The maximum atomic E-state index is 11.5. The summed E-state index contributed by atoms with van der Waals surface area (Å²) in [7, 11) is -0.172. The number of nitrogen functional groups attached to an aromatic ring is 1. The zero-order chi connectivity index (χ0) is 13.1. The molecule has 1 aromatic rings. The number of nitrogens with two attached hydrogens (primary N) is 1. The Labute approximate surface area is 102 Å². The van der Waals surface area contributed by atoms with E-state index in [1.807, 2.05) is 6.92 Å². The van der Waals surface area contributed by atoms with Gasteiger partial charge in [-0.15, -0.1) is 0 Å². The lowest BCUT2D eigenvalue weighted by molar-refractivity contribution is 0.521. The fraction of sp³-hybridized carbons (Fsp3) is 0.500.